The topological polar surface area (TPSA) is 71.8 Å². The molecule has 1 aromatic heterocycles. The van der Waals surface area contributed by atoms with Crippen molar-refractivity contribution in [3.05, 3.63) is 72.1 Å². The number of benzene rings is 2. The predicted molar refractivity (Wildman–Crippen MR) is 101 cm³/mol. The first-order valence-electron chi connectivity index (χ1n) is 8.72. The van der Waals surface area contributed by atoms with Crippen LogP contribution >= 0.6 is 0 Å². The van der Waals surface area contributed by atoms with Crippen molar-refractivity contribution in [2.45, 2.75) is 25.9 Å². The Morgan fingerprint density at radius 3 is 2.62 bits per heavy atom. The normalized spacial score (nSPS) is 21.5. The molecule has 3 unspecified atom stereocenters. The lowest BCUT2D eigenvalue weighted by Crippen LogP contribution is -2.46. The van der Waals surface area contributed by atoms with Crippen LogP contribution in [0.1, 0.15) is 24.1 Å². The highest BCUT2D eigenvalue weighted by atomic mass is 16.2. The van der Waals surface area contributed by atoms with Crippen molar-refractivity contribution in [1.29, 1.82) is 0 Å². The van der Waals surface area contributed by atoms with Crippen LogP contribution in [-0.2, 0) is 4.79 Å². The third kappa shape index (κ3) is 2.83. The molecule has 6 nitrogen and oxygen atoms in total. The zero-order valence-electron chi connectivity index (χ0n) is 14.8. The Hall–Kier alpha value is -3.15. The lowest BCUT2D eigenvalue weighted by atomic mass is 9.84. The molecule has 2 heterocycles. The van der Waals surface area contributed by atoms with Gasteiger partial charge in [0.25, 0.3) is 0 Å². The lowest BCUT2D eigenvalue weighted by molar-refractivity contribution is -0.121. The summed E-state index contributed by atoms with van der Waals surface area (Å²) in [4.78, 5) is 17.5. The summed E-state index contributed by atoms with van der Waals surface area (Å²) >= 11 is 0. The monoisotopic (exact) mass is 347 g/mol. The number of carbonyl (C=O) groups is 1. The van der Waals surface area contributed by atoms with Gasteiger partial charge in [0.1, 0.15) is 6.33 Å². The number of nitrogens with zero attached hydrogens (tertiary/aromatic N) is 3. The van der Waals surface area contributed by atoms with E-state index in [1.54, 1.807) is 0 Å². The highest BCUT2D eigenvalue weighted by Gasteiger charge is 2.41. The summed E-state index contributed by atoms with van der Waals surface area (Å²) in [6.07, 6.45) is 1.53. The van der Waals surface area contributed by atoms with Gasteiger partial charge < -0.3 is 10.6 Å². The number of aromatic nitrogens is 3. The van der Waals surface area contributed by atoms with Crippen LogP contribution in [0.4, 0.5) is 11.6 Å². The van der Waals surface area contributed by atoms with Crippen LogP contribution in [0.3, 0.4) is 0 Å². The van der Waals surface area contributed by atoms with Crippen molar-refractivity contribution in [3.63, 3.8) is 0 Å². The minimum absolute atomic E-state index is 0.0365. The molecule has 6 heteroatoms. The Kier molecular flexibility index (Phi) is 4.16. The summed E-state index contributed by atoms with van der Waals surface area (Å²) in [6, 6.07) is 17.4. The van der Waals surface area contributed by atoms with Crippen LogP contribution < -0.4 is 10.6 Å². The van der Waals surface area contributed by atoms with E-state index >= 15 is 0 Å². The third-order valence-electron chi connectivity index (χ3n) is 4.92. The molecule has 1 amide bonds. The van der Waals surface area contributed by atoms with E-state index in [1.165, 1.54) is 6.33 Å². The van der Waals surface area contributed by atoms with E-state index in [4.69, 9.17) is 0 Å². The van der Waals surface area contributed by atoms with Gasteiger partial charge in [0.2, 0.25) is 11.9 Å². The maximum atomic E-state index is 13.2. The first-order chi connectivity index (χ1) is 12.6. The van der Waals surface area contributed by atoms with Gasteiger partial charge in [-0.3, -0.25) is 4.79 Å². The molecule has 4 rings (SSSR count). The van der Waals surface area contributed by atoms with E-state index in [2.05, 4.69) is 39.8 Å². The molecular weight excluding hydrogens is 326 g/mol. The average molecular weight is 347 g/mol. The number of aryl methyl sites for hydroxylation is 1. The molecule has 2 N–H and O–H groups in total. The fourth-order valence-electron chi connectivity index (χ4n) is 3.64. The zero-order valence-corrected chi connectivity index (χ0v) is 14.8. The number of anilines is 2. The molecule has 0 aliphatic carbocycles. The number of rotatable bonds is 3. The second-order valence-corrected chi connectivity index (χ2v) is 6.64. The first kappa shape index (κ1) is 16.3. The SMILES string of the molecule is Cc1ccccc1C1C(C(=O)Nc2ccccc2)C(C)Nc2ncnn21. The fraction of sp³-hybridized carbons (Fsp3) is 0.250. The summed E-state index contributed by atoms with van der Waals surface area (Å²) in [5, 5.41) is 10.7. The number of carbonyl (C=O) groups excluding carboxylic acids is 1. The van der Waals surface area contributed by atoms with Crippen molar-refractivity contribution in [3.8, 4) is 0 Å². The second-order valence-electron chi connectivity index (χ2n) is 6.64. The third-order valence-corrected chi connectivity index (χ3v) is 4.92. The number of nitrogens with one attached hydrogen (secondary N) is 2. The van der Waals surface area contributed by atoms with E-state index in [0.29, 0.717) is 5.95 Å². The molecule has 0 spiro atoms. The molecule has 3 atom stereocenters. The summed E-state index contributed by atoms with van der Waals surface area (Å²) in [5.74, 6) is 0.325. The van der Waals surface area contributed by atoms with Crippen LogP contribution in [0.25, 0.3) is 0 Å². The molecular formula is C20H21N5O. The van der Waals surface area contributed by atoms with Crippen molar-refractivity contribution in [1.82, 2.24) is 14.8 Å². The highest BCUT2D eigenvalue weighted by molar-refractivity contribution is 5.94. The molecule has 26 heavy (non-hydrogen) atoms. The summed E-state index contributed by atoms with van der Waals surface area (Å²) < 4.78 is 1.82. The van der Waals surface area contributed by atoms with E-state index in [-0.39, 0.29) is 23.9 Å². The van der Waals surface area contributed by atoms with Crippen molar-refractivity contribution < 1.29 is 4.79 Å². The summed E-state index contributed by atoms with van der Waals surface area (Å²) in [6.45, 7) is 4.07. The molecule has 0 fully saturated rings. The van der Waals surface area contributed by atoms with Crippen LogP contribution in [0.15, 0.2) is 60.9 Å². The lowest BCUT2D eigenvalue weighted by Gasteiger charge is -2.37. The number of hydrogen-bond acceptors (Lipinski definition) is 4. The Morgan fingerprint density at radius 1 is 1.12 bits per heavy atom. The molecule has 0 saturated carbocycles. The molecule has 1 aliphatic rings. The van der Waals surface area contributed by atoms with Gasteiger partial charge >= 0.3 is 0 Å². The Morgan fingerprint density at radius 2 is 1.85 bits per heavy atom. The van der Waals surface area contributed by atoms with Gasteiger partial charge in [0.15, 0.2) is 0 Å². The van der Waals surface area contributed by atoms with Gasteiger partial charge in [-0.1, -0.05) is 42.5 Å². The maximum absolute atomic E-state index is 13.2. The van der Waals surface area contributed by atoms with Gasteiger partial charge in [-0.2, -0.15) is 10.1 Å². The van der Waals surface area contributed by atoms with Crippen molar-refractivity contribution in [2.24, 2.45) is 5.92 Å². The molecule has 0 saturated heterocycles. The Labute approximate surface area is 152 Å². The van der Waals surface area contributed by atoms with E-state index in [1.807, 2.05) is 54.1 Å². The van der Waals surface area contributed by atoms with Crippen molar-refractivity contribution in [2.75, 3.05) is 10.6 Å². The summed E-state index contributed by atoms with van der Waals surface area (Å²) in [5.41, 5.74) is 3.00. The number of hydrogen-bond donors (Lipinski definition) is 2. The van der Waals surface area contributed by atoms with Crippen LogP contribution in [0.2, 0.25) is 0 Å². The van der Waals surface area contributed by atoms with Crippen molar-refractivity contribution >= 4 is 17.5 Å². The first-order valence-corrected chi connectivity index (χ1v) is 8.72. The fourth-order valence-corrected chi connectivity index (χ4v) is 3.64. The maximum Gasteiger partial charge on any atom is 0.232 e. The van der Waals surface area contributed by atoms with Gasteiger partial charge in [0, 0.05) is 11.7 Å². The van der Waals surface area contributed by atoms with Crippen LogP contribution in [0, 0.1) is 12.8 Å². The molecule has 0 radical (unpaired) electrons. The number of fused-ring (bicyclic) bond motifs is 1. The molecule has 2 aromatic carbocycles. The zero-order chi connectivity index (χ0) is 18.1. The minimum Gasteiger partial charge on any atom is -0.351 e. The quantitative estimate of drug-likeness (QED) is 0.763. The van der Waals surface area contributed by atoms with Gasteiger partial charge in [-0.15, -0.1) is 0 Å². The van der Waals surface area contributed by atoms with E-state index in [9.17, 15) is 4.79 Å². The number of amides is 1. The standard InChI is InChI=1S/C20H21N5O/c1-13-8-6-7-11-16(13)18-17(14(2)23-20-21-12-22-25(18)20)19(26)24-15-9-4-3-5-10-15/h3-12,14,17-18H,1-2H3,(H,24,26)(H,21,22,23). The average Bonchev–Trinajstić information content (AvgIpc) is 3.10. The smallest absolute Gasteiger partial charge is 0.232 e. The number of para-hydroxylation sites is 1. The van der Waals surface area contributed by atoms with Gasteiger partial charge in [0.05, 0.1) is 12.0 Å². The highest BCUT2D eigenvalue weighted by Crippen LogP contribution is 2.37. The Bertz CT molecular complexity index is 921. The van der Waals surface area contributed by atoms with E-state index < -0.39 is 0 Å². The molecule has 0 bridgehead atoms. The van der Waals surface area contributed by atoms with E-state index in [0.717, 1.165) is 16.8 Å². The van der Waals surface area contributed by atoms with Crippen LogP contribution in [0.5, 0.6) is 0 Å². The second kappa shape index (κ2) is 6.63. The van der Waals surface area contributed by atoms with Gasteiger partial charge in [-0.05, 0) is 37.1 Å². The Balaban J connectivity index is 1.76. The molecule has 1 aliphatic heterocycles. The molecule has 3 aromatic rings. The summed E-state index contributed by atoms with van der Waals surface area (Å²) in [7, 11) is 0. The minimum atomic E-state index is -0.328. The molecule has 132 valence electrons. The van der Waals surface area contributed by atoms with Gasteiger partial charge in [-0.25, -0.2) is 4.68 Å². The predicted octanol–water partition coefficient (Wildman–Crippen LogP) is 3.24. The largest absolute Gasteiger partial charge is 0.351 e. The van der Waals surface area contributed by atoms with Crippen LogP contribution in [-0.4, -0.2) is 26.7 Å².